The number of nitrogens with zero attached hydrogens (tertiary/aromatic N) is 2. The van der Waals surface area contributed by atoms with Gasteiger partial charge in [-0.2, -0.15) is 4.98 Å². The zero-order chi connectivity index (χ0) is 13.9. The van der Waals surface area contributed by atoms with E-state index in [1.54, 1.807) is 19.1 Å². The fraction of sp³-hybridized carbons (Fsp3) is 0.200. The van der Waals surface area contributed by atoms with Crippen LogP contribution in [0.25, 0.3) is 0 Å². The fourth-order valence-corrected chi connectivity index (χ4v) is 2.56. The summed E-state index contributed by atoms with van der Waals surface area (Å²) in [6, 6.07) is 5.97. The molecule has 0 aliphatic rings. The third kappa shape index (κ3) is 3.36. The number of sulfonamides is 1. The first-order chi connectivity index (χ1) is 9.01. The van der Waals surface area contributed by atoms with Gasteiger partial charge >= 0.3 is 6.01 Å². The zero-order valence-electron chi connectivity index (χ0n) is 9.92. The molecule has 2 aromatic rings. The highest BCUT2D eigenvalue weighted by molar-refractivity contribution is 7.92. The van der Waals surface area contributed by atoms with Gasteiger partial charge in [-0.15, -0.1) is 5.10 Å². The van der Waals surface area contributed by atoms with E-state index >= 15 is 0 Å². The summed E-state index contributed by atoms with van der Waals surface area (Å²) in [5.74, 6) is -0.0246. The lowest BCUT2D eigenvalue weighted by Gasteiger charge is -2.04. The summed E-state index contributed by atoms with van der Waals surface area (Å²) in [5.41, 5.74) is 0. The summed E-state index contributed by atoms with van der Waals surface area (Å²) in [5, 5.41) is 6.44. The van der Waals surface area contributed by atoms with Gasteiger partial charge in [-0.3, -0.25) is 0 Å². The molecule has 9 heteroatoms. The molecular weight excluding hydrogens is 292 g/mol. The highest BCUT2D eigenvalue weighted by Gasteiger charge is 2.16. The molecule has 1 heterocycles. The van der Waals surface area contributed by atoms with Gasteiger partial charge in [0.15, 0.2) is 0 Å². The van der Waals surface area contributed by atoms with Crippen LogP contribution in [0.2, 0.25) is 5.02 Å². The average molecular weight is 303 g/mol. The van der Waals surface area contributed by atoms with Crippen LogP contribution in [0.4, 0.5) is 5.95 Å². The van der Waals surface area contributed by atoms with Crippen LogP contribution >= 0.6 is 11.6 Å². The number of aromatic nitrogens is 3. The molecular formula is C10H11ClN4O3S. The van der Waals surface area contributed by atoms with Gasteiger partial charge in [0.2, 0.25) is 5.95 Å². The van der Waals surface area contributed by atoms with Crippen molar-refractivity contribution in [2.24, 2.45) is 0 Å². The van der Waals surface area contributed by atoms with E-state index in [1.165, 1.54) is 12.1 Å². The van der Waals surface area contributed by atoms with Crippen molar-refractivity contribution < 1.29 is 13.2 Å². The van der Waals surface area contributed by atoms with Crippen molar-refractivity contribution in [2.75, 3.05) is 11.3 Å². The van der Waals surface area contributed by atoms with Crippen LogP contribution in [0.3, 0.4) is 0 Å². The number of ether oxygens (including phenoxy) is 1. The third-order valence-electron chi connectivity index (χ3n) is 2.08. The third-order valence-corrected chi connectivity index (χ3v) is 3.65. The molecule has 19 heavy (non-hydrogen) atoms. The molecule has 1 aromatic carbocycles. The number of H-pyrrole nitrogens is 1. The van der Waals surface area contributed by atoms with E-state index in [2.05, 4.69) is 19.9 Å². The van der Waals surface area contributed by atoms with E-state index < -0.39 is 10.0 Å². The Morgan fingerprint density at radius 1 is 1.47 bits per heavy atom. The second-order valence-corrected chi connectivity index (χ2v) is 5.58. The molecule has 0 saturated heterocycles. The molecule has 102 valence electrons. The number of aromatic amines is 1. The monoisotopic (exact) mass is 302 g/mol. The topological polar surface area (TPSA) is 97.0 Å². The number of anilines is 1. The standard InChI is InChI=1S/C10H11ClN4O3S/c1-2-18-10-12-9(13-14-10)15-19(16,17)8-5-3-4-7(11)6-8/h3-6H,2H2,1H3,(H2,12,13,14,15). The van der Waals surface area contributed by atoms with Gasteiger partial charge in [0, 0.05) is 5.02 Å². The van der Waals surface area contributed by atoms with E-state index in [4.69, 9.17) is 16.3 Å². The van der Waals surface area contributed by atoms with Gasteiger partial charge in [-0.05, 0) is 25.1 Å². The van der Waals surface area contributed by atoms with Crippen molar-refractivity contribution in [1.82, 2.24) is 15.2 Å². The fourth-order valence-electron chi connectivity index (χ4n) is 1.31. The van der Waals surface area contributed by atoms with Gasteiger partial charge in [-0.1, -0.05) is 17.7 Å². The molecule has 0 radical (unpaired) electrons. The number of hydrogen-bond acceptors (Lipinski definition) is 5. The number of nitrogens with one attached hydrogen (secondary N) is 2. The van der Waals surface area contributed by atoms with Crippen LogP contribution < -0.4 is 9.46 Å². The normalized spacial score (nSPS) is 11.3. The number of benzene rings is 1. The average Bonchev–Trinajstić information content (AvgIpc) is 2.76. The van der Waals surface area contributed by atoms with Gasteiger partial charge in [-0.25, -0.2) is 18.2 Å². The lowest BCUT2D eigenvalue weighted by atomic mass is 10.4. The van der Waals surface area contributed by atoms with Crippen LogP contribution in [-0.2, 0) is 10.0 Å². The molecule has 0 spiro atoms. The lowest BCUT2D eigenvalue weighted by Crippen LogP contribution is -2.13. The Bertz CT molecular complexity index is 671. The van der Waals surface area contributed by atoms with Crippen LogP contribution in [-0.4, -0.2) is 30.2 Å². The maximum absolute atomic E-state index is 12.0. The SMILES string of the molecule is CCOc1n[nH]c(NS(=O)(=O)c2cccc(Cl)c2)n1. The van der Waals surface area contributed by atoms with E-state index in [0.717, 1.165) is 0 Å². The van der Waals surface area contributed by atoms with Crippen molar-refractivity contribution in [3.05, 3.63) is 29.3 Å². The molecule has 0 atom stereocenters. The van der Waals surface area contributed by atoms with Gasteiger partial charge in [0.1, 0.15) is 0 Å². The molecule has 0 fully saturated rings. The maximum atomic E-state index is 12.0. The molecule has 1 aromatic heterocycles. The molecule has 0 aliphatic carbocycles. The molecule has 0 saturated carbocycles. The minimum Gasteiger partial charge on any atom is -0.463 e. The summed E-state index contributed by atoms with van der Waals surface area (Å²) < 4.78 is 31.3. The molecule has 0 unspecified atom stereocenters. The number of halogens is 1. The summed E-state index contributed by atoms with van der Waals surface area (Å²) in [6.07, 6.45) is 0. The molecule has 2 N–H and O–H groups in total. The highest BCUT2D eigenvalue weighted by Crippen LogP contribution is 2.18. The predicted octanol–water partition coefficient (Wildman–Crippen LogP) is 1.66. The molecule has 7 nitrogen and oxygen atoms in total. The molecule has 0 amide bonds. The van der Waals surface area contributed by atoms with Crippen molar-refractivity contribution >= 4 is 27.6 Å². The first-order valence-electron chi connectivity index (χ1n) is 5.35. The van der Waals surface area contributed by atoms with Crippen molar-refractivity contribution in [1.29, 1.82) is 0 Å². The minimum absolute atomic E-state index is 0.0246. The maximum Gasteiger partial charge on any atom is 0.337 e. The van der Waals surface area contributed by atoms with Crippen molar-refractivity contribution in [3.8, 4) is 6.01 Å². The Hall–Kier alpha value is -1.80. The Morgan fingerprint density at radius 2 is 2.26 bits per heavy atom. The Labute approximate surface area is 115 Å². The second-order valence-electron chi connectivity index (χ2n) is 3.46. The molecule has 0 aliphatic heterocycles. The van der Waals surface area contributed by atoms with E-state index in [9.17, 15) is 8.42 Å². The Morgan fingerprint density at radius 3 is 2.95 bits per heavy atom. The van der Waals surface area contributed by atoms with Crippen molar-refractivity contribution in [2.45, 2.75) is 11.8 Å². The first kappa shape index (κ1) is 13.6. The number of hydrogen-bond donors (Lipinski definition) is 2. The lowest BCUT2D eigenvalue weighted by molar-refractivity contribution is 0.314. The van der Waals surface area contributed by atoms with E-state index in [0.29, 0.717) is 11.6 Å². The second kappa shape index (κ2) is 5.45. The molecule has 0 bridgehead atoms. The smallest absolute Gasteiger partial charge is 0.337 e. The van der Waals surface area contributed by atoms with E-state index in [-0.39, 0.29) is 16.9 Å². The van der Waals surface area contributed by atoms with Crippen LogP contribution in [0.15, 0.2) is 29.2 Å². The molecule has 2 rings (SSSR count). The summed E-state index contributed by atoms with van der Waals surface area (Å²) >= 11 is 5.75. The highest BCUT2D eigenvalue weighted by atomic mass is 35.5. The van der Waals surface area contributed by atoms with Crippen molar-refractivity contribution in [3.63, 3.8) is 0 Å². The summed E-state index contributed by atoms with van der Waals surface area (Å²) in [7, 11) is -3.76. The van der Waals surface area contributed by atoms with E-state index in [1.807, 2.05) is 0 Å². The Balaban J connectivity index is 2.21. The van der Waals surface area contributed by atoms with Crippen LogP contribution in [0, 0.1) is 0 Å². The van der Waals surface area contributed by atoms with Crippen LogP contribution in [0.5, 0.6) is 6.01 Å². The largest absolute Gasteiger partial charge is 0.463 e. The quantitative estimate of drug-likeness (QED) is 0.875. The minimum atomic E-state index is -3.76. The number of rotatable bonds is 5. The van der Waals surface area contributed by atoms with Gasteiger partial charge < -0.3 is 4.74 Å². The summed E-state index contributed by atoms with van der Waals surface area (Å²) in [6.45, 7) is 2.16. The van der Waals surface area contributed by atoms with Gasteiger partial charge in [0.05, 0.1) is 11.5 Å². The van der Waals surface area contributed by atoms with Crippen LogP contribution in [0.1, 0.15) is 6.92 Å². The van der Waals surface area contributed by atoms with Gasteiger partial charge in [0.25, 0.3) is 10.0 Å². The first-order valence-corrected chi connectivity index (χ1v) is 7.21. The predicted molar refractivity (Wildman–Crippen MR) is 69.8 cm³/mol. The Kier molecular flexibility index (Phi) is 3.91. The summed E-state index contributed by atoms with van der Waals surface area (Å²) in [4.78, 5) is 3.86. The zero-order valence-corrected chi connectivity index (χ0v) is 11.5.